The smallest absolute Gasteiger partial charge is 0.462 e. The SMILES string of the molecule is CCCCC/C=C\C[C@H](O)/C=C/C=C\C/C=C\CCCC(=O)O[C@H](COC(=O)CCCCCCCCCCCCCCC)COP(=O)(O)O[C@H]1C(O)C(O)C(O)[C@@H](OP(=O)(O)O)C1O. The highest BCUT2D eigenvalue weighted by Gasteiger charge is 2.54. The Hall–Kier alpha value is -2.08. The van der Waals surface area contributed by atoms with Gasteiger partial charge in [-0.15, -0.1) is 0 Å². The molecule has 64 heavy (non-hydrogen) atoms. The van der Waals surface area contributed by atoms with Gasteiger partial charge in [-0.25, -0.2) is 9.13 Å². The second-order valence-corrected chi connectivity index (χ2v) is 18.9. The van der Waals surface area contributed by atoms with Crippen LogP contribution in [0.5, 0.6) is 0 Å². The minimum absolute atomic E-state index is 0.0633. The molecule has 9 atom stereocenters. The minimum atomic E-state index is -5.38. The zero-order valence-corrected chi connectivity index (χ0v) is 39.9. The number of aliphatic hydroxyl groups is 5. The summed E-state index contributed by atoms with van der Waals surface area (Å²) in [5.74, 6) is -1.31. The monoisotopic (exact) mass is 954 g/mol. The molecule has 0 aromatic heterocycles. The van der Waals surface area contributed by atoms with Gasteiger partial charge in [0.15, 0.2) is 6.10 Å². The van der Waals surface area contributed by atoms with Gasteiger partial charge < -0.3 is 49.7 Å². The molecule has 19 heteroatoms. The number of esters is 2. The van der Waals surface area contributed by atoms with Crippen LogP contribution in [0.1, 0.15) is 162 Å². The van der Waals surface area contributed by atoms with Crippen molar-refractivity contribution in [1.82, 2.24) is 0 Å². The molecule has 0 amide bonds. The van der Waals surface area contributed by atoms with Gasteiger partial charge in [-0.3, -0.25) is 23.2 Å². The van der Waals surface area contributed by atoms with E-state index in [0.717, 1.165) is 38.5 Å². The summed E-state index contributed by atoms with van der Waals surface area (Å²) in [6, 6.07) is 0. The first-order chi connectivity index (χ1) is 30.5. The molecule has 17 nitrogen and oxygen atoms in total. The van der Waals surface area contributed by atoms with Crippen molar-refractivity contribution in [3.8, 4) is 0 Å². The van der Waals surface area contributed by atoms with E-state index in [-0.39, 0.29) is 12.8 Å². The summed E-state index contributed by atoms with van der Waals surface area (Å²) in [5.41, 5.74) is 0. The lowest BCUT2D eigenvalue weighted by molar-refractivity contribution is -0.216. The number of hydrogen-bond donors (Lipinski definition) is 8. The van der Waals surface area contributed by atoms with Gasteiger partial charge in [0.2, 0.25) is 0 Å². The number of rotatable bonds is 38. The summed E-state index contributed by atoms with van der Waals surface area (Å²) < 4.78 is 49.2. The van der Waals surface area contributed by atoms with Crippen LogP contribution in [0.2, 0.25) is 0 Å². The first-order valence-electron chi connectivity index (χ1n) is 23.3. The van der Waals surface area contributed by atoms with Crippen LogP contribution in [-0.2, 0) is 41.8 Å². The van der Waals surface area contributed by atoms with Crippen LogP contribution >= 0.6 is 15.6 Å². The summed E-state index contributed by atoms with van der Waals surface area (Å²) in [6.07, 6.45) is 21.0. The third-order valence-electron chi connectivity index (χ3n) is 10.5. The molecule has 0 spiro atoms. The quantitative estimate of drug-likeness (QED) is 0.00979. The zero-order valence-electron chi connectivity index (χ0n) is 38.1. The Balaban J connectivity index is 2.68. The van der Waals surface area contributed by atoms with Crippen LogP contribution in [0.3, 0.4) is 0 Å². The number of allylic oxidation sites excluding steroid dienone is 6. The molecule has 0 aliphatic heterocycles. The highest BCUT2D eigenvalue weighted by molar-refractivity contribution is 7.47. The topological polar surface area (TPSA) is 276 Å². The predicted octanol–water partition coefficient (Wildman–Crippen LogP) is 7.48. The number of ether oxygens (including phenoxy) is 2. The third-order valence-corrected chi connectivity index (χ3v) is 12.0. The normalized spacial score (nSPS) is 22.7. The number of carbonyl (C=O) groups excluding carboxylic acids is 2. The molecule has 1 saturated carbocycles. The van der Waals surface area contributed by atoms with Crippen molar-refractivity contribution >= 4 is 27.6 Å². The van der Waals surface area contributed by atoms with E-state index in [4.69, 9.17) is 28.3 Å². The first-order valence-corrected chi connectivity index (χ1v) is 26.3. The Morgan fingerprint density at radius 2 is 1.11 bits per heavy atom. The molecule has 1 rings (SSSR count). The first kappa shape index (κ1) is 59.9. The maximum Gasteiger partial charge on any atom is 0.472 e. The highest BCUT2D eigenvalue weighted by atomic mass is 31.2. The Labute approximate surface area is 380 Å². The fourth-order valence-corrected chi connectivity index (χ4v) is 8.35. The zero-order chi connectivity index (χ0) is 47.6. The van der Waals surface area contributed by atoms with Gasteiger partial charge in [0.05, 0.1) is 12.7 Å². The molecule has 0 bridgehead atoms. The van der Waals surface area contributed by atoms with Crippen molar-refractivity contribution in [2.24, 2.45) is 0 Å². The summed E-state index contributed by atoms with van der Waals surface area (Å²) in [5, 5.41) is 51.2. The Kier molecular flexibility index (Phi) is 33.7. The van der Waals surface area contributed by atoms with E-state index in [9.17, 15) is 49.1 Å². The summed E-state index contributed by atoms with van der Waals surface area (Å²) in [7, 11) is -10.7. The molecule has 1 aliphatic rings. The molecule has 0 aromatic carbocycles. The van der Waals surface area contributed by atoms with Crippen LogP contribution in [0.15, 0.2) is 48.6 Å². The van der Waals surface area contributed by atoms with Gasteiger partial charge in [-0.1, -0.05) is 152 Å². The Bertz CT molecular complexity index is 1450. The molecule has 0 radical (unpaired) electrons. The van der Waals surface area contributed by atoms with E-state index >= 15 is 0 Å². The number of carbonyl (C=O) groups is 2. The fraction of sp³-hybridized carbons (Fsp3) is 0.778. The number of unbranched alkanes of at least 4 members (excludes halogenated alkanes) is 16. The number of hydrogen-bond acceptors (Lipinski definition) is 14. The van der Waals surface area contributed by atoms with Gasteiger partial charge in [0.1, 0.15) is 43.2 Å². The lowest BCUT2D eigenvalue weighted by Gasteiger charge is -2.43. The van der Waals surface area contributed by atoms with Crippen LogP contribution in [0.4, 0.5) is 0 Å². The second-order valence-electron chi connectivity index (χ2n) is 16.3. The van der Waals surface area contributed by atoms with E-state index in [1.807, 2.05) is 30.4 Å². The van der Waals surface area contributed by atoms with Gasteiger partial charge in [-0.05, 0) is 44.9 Å². The lowest BCUT2D eigenvalue weighted by atomic mass is 9.85. The number of aliphatic hydroxyl groups excluding tert-OH is 5. The van der Waals surface area contributed by atoms with Crippen LogP contribution < -0.4 is 0 Å². The molecule has 0 heterocycles. The predicted molar refractivity (Wildman–Crippen MR) is 243 cm³/mol. The largest absolute Gasteiger partial charge is 0.472 e. The second kappa shape index (κ2) is 36.0. The maximum atomic E-state index is 13.0. The molecule has 372 valence electrons. The average molecular weight is 955 g/mol. The maximum absolute atomic E-state index is 13.0. The molecule has 5 unspecified atom stereocenters. The molecule has 1 aliphatic carbocycles. The van der Waals surface area contributed by atoms with Crippen molar-refractivity contribution in [3.05, 3.63) is 48.6 Å². The number of phosphoric acid groups is 2. The van der Waals surface area contributed by atoms with Crippen molar-refractivity contribution < 1.29 is 82.0 Å². The molecule has 0 saturated heterocycles. The molecule has 0 aromatic rings. The van der Waals surface area contributed by atoms with E-state index in [1.165, 1.54) is 64.2 Å². The highest BCUT2D eigenvalue weighted by Crippen LogP contribution is 2.49. The van der Waals surface area contributed by atoms with Crippen molar-refractivity contribution in [3.63, 3.8) is 0 Å². The lowest BCUT2D eigenvalue weighted by Crippen LogP contribution is -2.64. The summed E-state index contributed by atoms with van der Waals surface area (Å²) in [6.45, 7) is 2.95. The minimum Gasteiger partial charge on any atom is -0.462 e. The van der Waals surface area contributed by atoms with Crippen molar-refractivity contribution in [2.75, 3.05) is 13.2 Å². The Morgan fingerprint density at radius 1 is 0.578 bits per heavy atom. The fourth-order valence-electron chi connectivity index (χ4n) is 6.81. The van der Waals surface area contributed by atoms with E-state index in [0.29, 0.717) is 32.1 Å². The number of phosphoric ester groups is 2. The van der Waals surface area contributed by atoms with Crippen molar-refractivity contribution in [2.45, 2.75) is 210 Å². The van der Waals surface area contributed by atoms with Crippen molar-refractivity contribution in [1.29, 1.82) is 0 Å². The van der Waals surface area contributed by atoms with Gasteiger partial charge >= 0.3 is 27.6 Å². The molecule has 1 fully saturated rings. The summed E-state index contributed by atoms with van der Waals surface area (Å²) >= 11 is 0. The van der Waals surface area contributed by atoms with E-state index in [2.05, 4.69) is 24.4 Å². The Morgan fingerprint density at radius 3 is 1.72 bits per heavy atom. The van der Waals surface area contributed by atoms with Crippen LogP contribution in [0, 0.1) is 0 Å². The van der Waals surface area contributed by atoms with E-state index < -0.39 is 89.6 Å². The van der Waals surface area contributed by atoms with Gasteiger partial charge in [-0.2, -0.15) is 0 Å². The average Bonchev–Trinajstić information content (AvgIpc) is 3.24. The van der Waals surface area contributed by atoms with Crippen LogP contribution in [0.25, 0.3) is 0 Å². The van der Waals surface area contributed by atoms with Gasteiger partial charge in [0, 0.05) is 12.8 Å². The van der Waals surface area contributed by atoms with Gasteiger partial charge in [0.25, 0.3) is 0 Å². The molecule has 8 N–H and O–H groups in total. The standard InChI is InChI=1S/C45H80O17P2/c1-3-5-7-9-11-12-13-14-15-16-20-24-28-32-38(47)58-34-37(35-59-64(56,57)62-45-42(51)40(49)41(50)44(43(45)52)61-63(53,54)55)60-39(48)33-29-25-21-18-17-19-23-27-31-36(46)30-26-22-10-8-6-4-2/h18-19,21-23,26-27,31,36-37,40-46,49-52H,3-17,20,24-25,28-30,32-35H2,1-2H3,(H,56,57)(H2,53,54,55)/b21-18-,23-19-,26-22-,31-27+/t36-,37+,40?,41?,42?,43?,44+,45-/m0/s1. The summed E-state index contributed by atoms with van der Waals surface area (Å²) in [4.78, 5) is 54.2. The molecular formula is C45H80O17P2. The van der Waals surface area contributed by atoms with E-state index in [1.54, 1.807) is 12.2 Å². The third kappa shape index (κ3) is 30.3. The molecular weight excluding hydrogens is 874 g/mol. The van der Waals surface area contributed by atoms with Crippen LogP contribution in [-0.4, -0.2) is 114 Å².